The fourth-order valence-electron chi connectivity index (χ4n) is 5.23. The van der Waals surface area contributed by atoms with Gasteiger partial charge in [-0.15, -0.1) is 0 Å². The first-order valence-electron chi connectivity index (χ1n) is 14.7. The van der Waals surface area contributed by atoms with Crippen LogP contribution >= 0.6 is 0 Å². The molecular formula is C36H36F2N2O6. The number of ketones is 1. The van der Waals surface area contributed by atoms with Crippen LogP contribution in [0.5, 0.6) is 5.75 Å². The molecule has 0 radical (unpaired) electrons. The van der Waals surface area contributed by atoms with Gasteiger partial charge in [-0.3, -0.25) is 14.4 Å². The number of allylic oxidation sites excluding steroid dienone is 1. The van der Waals surface area contributed by atoms with Gasteiger partial charge in [-0.1, -0.05) is 48.5 Å². The molecule has 240 valence electrons. The summed E-state index contributed by atoms with van der Waals surface area (Å²) in [4.78, 5) is 38.6. The number of benzene rings is 3. The Hall–Kier alpha value is -5.09. The molecule has 0 saturated carbocycles. The Balaban J connectivity index is 1.88. The molecule has 46 heavy (non-hydrogen) atoms. The maximum Gasteiger partial charge on any atom is 0.308 e. The third-order valence-corrected chi connectivity index (χ3v) is 7.33. The molecule has 3 aromatic carbocycles. The summed E-state index contributed by atoms with van der Waals surface area (Å²) in [5, 5.41) is 13.2. The monoisotopic (exact) mass is 630 g/mol. The quantitative estimate of drug-likeness (QED) is 0.129. The molecule has 8 nitrogen and oxygen atoms in total. The summed E-state index contributed by atoms with van der Waals surface area (Å²) < 4.78 is 39.6. The van der Waals surface area contributed by atoms with Crippen LogP contribution in [0.3, 0.4) is 0 Å². The SMILES string of the molecule is COC(=O)C[C@H](O)CC(=O)C=Cc1c(-c2ccc(F)cc2)c(-c2ccccc2)c(C(=O)NCc2ccc(F)c(OC)c2)n1C(C)C. The van der Waals surface area contributed by atoms with Crippen molar-refractivity contribution >= 4 is 23.7 Å². The number of aromatic nitrogens is 1. The largest absolute Gasteiger partial charge is 0.494 e. The first-order valence-corrected chi connectivity index (χ1v) is 14.7. The molecule has 0 aliphatic rings. The van der Waals surface area contributed by atoms with Gasteiger partial charge in [0.2, 0.25) is 0 Å². The Morgan fingerprint density at radius 1 is 0.913 bits per heavy atom. The van der Waals surface area contributed by atoms with Gasteiger partial charge < -0.3 is 24.5 Å². The Labute approximate surface area is 266 Å². The number of ether oxygens (including phenoxy) is 2. The minimum Gasteiger partial charge on any atom is -0.494 e. The van der Waals surface area contributed by atoms with E-state index in [0.29, 0.717) is 39.2 Å². The van der Waals surface area contributed by atoms with Crippen molar-refractivity contribution in [2.24, 2.45) is 0 Å². The zero-order chi connectivity index (χ0) is 33.4. The standard InChI is InChI=1S/C36H36F2N2O6/c1-22(2)40-30(17-15-27(41)19-28(42)20-32(43)46-4)33(25-11-13-26(37)14-12-25)34(24-8-6-5-7-9-24)35(40)36(44)39-21-23-10-16-29(38)31(18-23)45-3/h5-18,22,28,42H,19-21H2,1-4H3,(H,39,44)/t28-/m1/s1. The zero-order valence-electron chi connectivity index (χ0n) is 26.1. The number of nitrogens with one attached hydrogen (secondary N) is 1. The van der Waals surface area contributed by atoms with Crippen molar-refractivity contribution in [2.75, 3.05) is 14.2 Å². The molecule has 4 aromatic rings. The molecule has 0 spiro atoms. The van der Waals surface area contributed by atoms with Crippen LogP contribution in [-0.4, -0.2) is 47.7 Å². The van der Waals surface area contributed by atoms with Crippen LogP contribution in [0.2, 0.25) is 0 Å². The van der Waals surface area contributed by atoms with Crippen molar-refractivity contribution in [3.63, 3.8) is 0 Å². The Bertz CT molecular complexity index is 1730. The normalized spacial score (nSPS) is 11.9. The molecule has 1 atom stereocenters. The highest BCUT2D eigenvalue weighted by Crippen LogP contribution is 2.42. The van der Waals surface area contributed by atoms with Gasteiger partial charge in [-0.05, 0) is 67.0 Å². The molecule has 0 unspecified atom stereocenters. The highest BCUT2D eigenvalue weighted by Gasteiger charge is 2.29. The van der Waals surface area contributed by atoms with Crippen LogP contribution in [0.25, 0.3) is 28.3 Å². The maximum absolute atomic E-state index is 14.2. The van der Waals surface area contributed by atoms with E-state index in [1.54, 1.807) is 28.8 Å². The molecule has 0 fully saturated rings. The van der Waals surface area contributed by atoms with E-state index in [-0.39, 0.29) is 31.2 Å². The van der Waals surface area contributed by atoms with Crippen molar-refractivity contribution < 1.29 is 37.7 Å². The fourth-order valence-corrected chi connectivity index (χ4v) is 5.23. The van der Waals surface area contributed by atoms with Gasteiger partial charge in [0, 0.05) is 30.1 Å². The van der Waals surface area contributed by atoms with Crippen LogP contribution < -0.4 is 10.1 Å². The fraction of sp³-hybridized carbons (Fsp3) is 0.250. The maximum atomic E-state index is 14.2. The Kier molecular flexibility index (Phi) is 11.2. The van der Waals surface area contributed by atoms with E-state index in [4.69, 9.17) is 4.74 Å². The molecule has 1 amide bonds. The second-order valence-electron chi connectivity index (χ2n) is 10.9. The topological polar surface area (TPSA) is 107 Å². The van der Waals surface area contributed by atoms with Crippen LogP contribution in [0.1, 0.15) is 54.5 Å². The number of halogens is 2. The number of amides is 1. The highest BCUT2D eigenvalue weighted by molar-refractivity contribution is 6.07. The Morgan fingerprint density at radius 3 is 2.22 bits per heavy atom. The first-order chi connectivity index (χ1) is 22.0. The molecule has 1 aromatic heterocycles. The van der Waals surface area contributed by atoms with Crippen LogP contribution in [-0.2, 0) is 20.9 Å². The van der Waals surface area contributed by atoms with E-state index in [0.717, 1.165) is 0 Å². The number of aliphatic hydroxyl groups excluding tert-OH is 1. The van der Waals surface area contributed by atoms with E-state index in [1.165, 1.54) is 44.6 Å². The van der Waals surface area contributed by atoms with Crippen molar-refractivity contribution in [3.8, 4) is 28.0 Å². The number of carbonyl (C=O) groups excluding carboxylic acids is 3. The van der Waals surface area contributed by atoms with Crippen LogP contribution in [0.4, 0.5) is 8.78 Å². The number of carbonyl (C=O) groups is 3. The number of aliphatic hydroxyl groups is 1. The van der Waals surface area contributed by atoms with Crippen molar-refractivity contribution in [2.45, 2.75) is 45.4 Å². The van der Waals surface area contributed by atoms with Gasteiger partial charge in [-0.25, -0.2) is 8.78 Å². The number of esters is 1. The number of nitrogens with zero attached hydrogens (tertiary/aromatic N) is 1. The van der Waals surface area contributed by atoms with Crippen molar-refractivity contribution in [1.82, 2.24) is 9.88 Å². The van der Waals surface area contributed by atoms with E-state index in [2.05, 4.69) is 10.1 Å². The van der Waals surface area contributed by atoms with Gasteiger partial charge in [0.25, 0.3) is 5.91 Å². The predicted molar refractivity (Wildman–Crippen MR) is 171 cm³/mol. The molecular weight excluding hydrogens is 594 g/mol. The number of hydrogen-bond acceptors (Lipinski definition) is 6. The molecule has 0 saturated heterocycles. The summed E-state index contributed by atoms with van der Waals surface area (Å²) in [7, 11) is 2.56. The summed E-state index contributed by atoms with van der Waals surface area (Å²) in [6, 6.07) is 19.1. The minimum absolute atomic E-state index is 0.0506. The van der Waals surface area contributed by atoms with Gasteiger partial charge in [0.1, 0.15) is 11.5 Å². The molecule has 2 N–H and O–H groups in total. The lowest BCUT2D eigenvalue weighted by Crippen LogP contribution is -2.27. The molecule has 0 aliphatic carbocycles. The molecule has 1 heterocycles. The van der Waals surface area contributed by atoms with E-state index >= 15 is 0 Å². The number of methoxy groups -OCH3 is 2. The first kappa shape index (κ1) is 33.8. The van der Waals surface area contributed by atoms with Crippen molar-refractivity contribution in [3.05, 3.63) is 107 Å². The molecule has 0 bridgehead atoms. The zero-order valence-corrected chi connectivity index (χ0v) is 26.1. The van der Waals surface area contributed by atoms with Crippen LogP contribution in [0, 0.1) is 11.6 Å². The highest BCUT2D eigenvalue weighted by atomic mass is 19.1. The summed E-state index contributed by atoms with van der Waals surface area (Å²) in [5.74, 6) is -2.43. The second-order valence-corrected chi connectivity index (χ2v) is 10.9. The third kappa shape index (κ3) is 7.94. The molecule has 10 heteroatoms. The van der Waals surface area contributed by atoms with Gasteiger partial charge >= 0.3 is 5.97 Å². The average molecular weight is 631 g/mol. The molecule has 4 rings (SSSR count). The minimum atomic E-state index is -1.23. The number of hydrogen-bond donors (Lipinski definition) is 2. The lowest BCUT2D eigenvalue weighted by molar-refractivity contribution is -0.143. The summed E-state index contributed by atoms with van der Waals surface area (Å²) >= 11 is 0. The van der Waals surface area contributed by atoms with Gasteiger partial charge in [0.05, 0.1) is 32.4 Å². The summed E-state index contributed by atoms with van der Waals surface area (Å²) in [5.41, 5.74) is 3.89. The van der Waals surface area contributed by atoms with Crippen molar-refractivity contribution in [1.29, 1.82) is 0 Å². The number of rotatable bonds is 13. The van der Waals surface area contributed by atoms with E-state index in [1.807, 2.05) is 44.2 Å². The van der Waals surface area contributed by atoms with E-state index < -0.39 is 35.4 Å². The Morgan fingerprint density at radius 2 is 1.59 bits per heavy atom. The van der Waals surface area contributed by atoms with Gasteiger partial charge in [0.15, 0.2) is 17.3 Å². The van der Waals surface area contributed by atoms with Gasteiger partial charge in [-0.2, -0.15) is 0 Å². The summed E-state index contributed by atoms with van der Waals surface area (Å²) in [6.45, 7) is 3.86. The van der Waals surface area contributed by atoms with Crippen LogP contribution in [0.15, 0.2) is 78.9 Å². The predicted octanol–water partition coefficient (Wildman–Crippen LogP) is 6.52. The second kappa shape index (κ2) is 15.3. The summed E-state index contributed by atoms with van der Waals surface area (Å²) in [6.07, 6.45) is 0.981. The smallest absolute Gasteiger partial charge is 0.308 e. The molecule has 0 aliphatic heterocycles. The lowest BCUT2D eigenvalue weighted by Gasteiger charge is -2.17. The van der Waals surface area contributed by atoms with E-state index in [9.17, 15) is 28.3 Å². The third-order valence-electron chi connectivity index (χ3n) is 7.33. The lowest BCUT2D eigenvalue weighted by atomic mass is 9.94. The average Bonchev–Trinajstić information content (AvgIpc) is 3.39.